The highest BCUT2D eigenvalue weighted by atomic mass is 32.1. The molecule has 3 rings (SSSR count). The molecule has 1 aromatic carbocycles. The Balaban J connectivity index is 1.45. The topological polar surface area (TPSA) is 77.2 Å². The summed E-state index contributed by atoms with van der Waals surface area (Å²) in [6, 6.07) is 11.4. The van der Waals surface area contributed by atoms with Gasteiger partial charge in [-0.15, -0.1) is 11.3 Å². The molecule has 0 aliphatic heterocycles. The molecule has 0 aliphatic rings. The number of rotatable bonds is 7. The van der Waals surface area contributed by atoms with Crippen LogP contribution in [0.15, 0.2) is 46.3 Å². The van der Waals surface area contributed by atoms with Crippen LogP contribution in [0.1, 0.15) is 17.9 Å². The molecule has 6 nitrogen and oxygen atoms in total. The van der Waals surface area contributed by atoms with Crippen molar-refractivity contribution < 1.29 is 14.1 Å². The Kier molecular flexibility index (Phi) is 5.22. The number of benzene rings is 1. The van der Waals surface area contributed by atoms with Crippen LogP contribution in [0.2, 0.25) is 0 Å². The van der Waals surface area contributed by atoms with E-state index < -0.39 is 0 Å². The number of hydrogen-bond donors (Lipinski definition) is 1. The minimum Gasteiger partial charge on any atom is -0.497 e. The number of ether oxygens (including phenoxy) is 1. The van der Waals surface area contributed by atoms with Crippen molar-refractivity contribution in [2.75, 3.05) is 7.11 Å². The summed E-state index contributed by atoms with van der Waals surface area (Å²) in [6.07, 6.45) is 0.731. The summed E-state index contributed by atoms with van der Waals surface area (Å²) in [7, 11) is 1.62. The van der Waals surface area contributed by atoms with Crippen molar-refractivity contribution in [3.8, 4) is 16.5 Å². The van der Waals surface area contributed by atoms with E-state index in [4.69, 9.17) is 9.26 Å². The first kappa shape index (κ1) is 16.2. The van der Waals surface area contributed by atoms with Crippen LogP contribution < -0.4 is 10.1 Å². The first-order chi connectivity index (χ1) is 11.7. The minimum atomic E-state index is -0.0540. The van der Waals surface area contributed by atoms with Crippen molar-refractivity contribution in [3.63, 3.8) is 0 Å². The molecule has 0 unspecified atom stereocenters. The molecule has 3 aromatic rings. The maximum atomic E-state index is 11.9. The number of amides is 1. The second-order valence-corrected chi connectivity index (χ2v) is 6.06. The van der Waals surface area contributed by atoms with Gasteiger partial charge in [0.15, 0.2) is 0 Å². The summed E-state index contributed by atoms with van der Waals surface area (Å²) in [5.74, 6) is 1.78. The molecule has 0 radical (unpaired) electrons. The molecule has 2 aromatic heterocycles. The predicted octanol–water partition coefficient (Wildman–Crippen LogP) is 3.06. The van der Waals surface area contributed by atoms with E-state index in [1.54, 1.807) is 18.4 Å². The summed E-state index contributed by atoms with van der Waals surface area (Å²) < 4.78 is 10.3. The number of carbonyl (C=O) groups is 1. The number of carbonyl (C=O) groups excluding carboxylic acids is 1. The van der Waals surface area contributed by atoms with Gasteiger partial charge in [0.1, 0.15) is 5.75 Å². The van der Waals surface area contributed by atoms with Crippen molar-refractivity contribution in [2.45, 2.75) is 19.4 Å². The predicted molar refractivity (Wildman–Crippen MR) is 90.8 cm³/mol. The lowest BCUT2D eigenvalue weighted by Gasteiger charge is -2.05. The van der Waals surface area contributed by atoms with Crippen molar-refractivity contribution in [1.82, 2.24) is 15.5 Å². The number of nitrogens with one attached hydrogen (secondary N) is 1. The van der Waals surface area contributed by atoms with Gasteiger partial charge < -0.3 is 14.6 Å². The average Bonchev–Trinajstić information content (AvgIpc) is 3.29. The third-order valence-electron chi connectivity index (χ3n) is 3.42. The first-order valence-corrected chi connectivity index (χ1v) is 8.38. The van der Waals surface area contributed by atoms with E-state index in [-0.39, 0.29) is 5.91 Å². The summed E-state index contributed by atoms with van der Waals surface area (Å²) >= 11 is 1.55. The Morgan fingerprint density at radius 1 is 1.29 bits per heavy atom. The van der Waals surface area contributed by atoms with E-state index in [0.717, 1.165) is 16.2 Å². The Hall–Kier alpha value is -2.67. The lowest BCUT2D eigenvalue weighted by molar-refractivity contribution is -0.121. The zero-order chi connectivity index (χ0) is 16.8. The SMILES string of the molecule is COc1ccc(CNC(=O)CCc2nc(-c3cccs3)no2)cc1. The molecule has 0 fully saturated rings. The Morgan fingerprint density at radius 3 is 2.83 bits per heavy atom. The fraction of sp³-hybridized carbons (Fsp3) is 0.235. The third-order valence-corrected chi connectivity index (χ3v) is 4.29. The number of thiophene rings is 1. The summed E-state index contributed by atoms with van der Waals surface area (Å²) in [4.78, 5) is 17.2. The highest BCUT2D eigenvalue weighted by molar-refractivity contribution is 7.13. The fourth-order valence-corrected chi connectivity index (χ4v) is 2.76. The number of aryl methyl sites for hydroxylation is 1. The molecule has 0 aliphatic carbocycles. The van der Waals surface area contributed by atoms with Crippen LogP contribution in [-0.2, 0) is 17.8 Å². The second-order valence-electron chi connectivity index (χ2n) is 5.11. The van der Waals surface area contributed by atoms with Crippen LogP contribution in [0.5, 0.6) is 5.75 Å². The molecule has 1 amide bonds. The van der Waals surface area contributed by atoms with Gasteiger partial charge in [0.05, 0.1) is 12.0 Å². The molecule has 1 N–H and O–H groups in total. The van der Waals surface area contributed by atoms with Crippen LogP contribution >= 0.6 is 11.3 Å². The van der Waals surface area contributed by atoms with Crippen molar-refractivity contribution in [2.24, 2.45) is 0 Å². The zero-order valence-electron chi connectivity index (χ0n) is 13.2. The van der Waals surface area contributed by atoms with Gasteiger partial charge in [0.25, 0.3) is 0 Å². The van der Waals surface area contributed by atoms with Gasteiger partial charge in [0.2, 0.25) is 17.6 Å². The normalized spacial score (nSPS) is 10.5. The van der Waals surface area contributed by atoms with E-state index in [0.29, 0.717) is 31.1 Å². The lowest BCUT2D eigenvalue weighted by Crippen LogP contribution is -2.23. The van der Waals surface area contributed by atoms with E-state index in [9.17, 15) is 4.79 Å². The Morgan fingerprint density at radius 2 is 2.12 bits per heavy atom. The number of nitrogens with zero attached hydrogens (tertiary/aromatic N) is 2. The zero-order valence-corrected chi connectivity index (χ0v) is 14.0. The Bertz CT molecular complexity index is 782. The quantitative estimate of drug-likeness (QED) is 0.713. The summed E-state index contributed by atoms with van der Waals surface area (Å²) in [5.41, 5.74) is 1.02. The van der Waals surface area contributed by atoms with Crippen LogP contribution in [0, 0.1) is 0 Å². The molecule has 24 heavy (non-hydrogen) atoms. The van der Waals surface area contributed by atoms with Crippen molar-refractivity contribution in [1.29, 1.82) is 0 Å². The van der Waals surface area contributed by atoms with Crippen molar-refractivity contribution in [3.05, 3.63) is 53.2 Å². The number of aromatic nitrogens is 2. The molecule has 0 atom stereocenters. The fourth-order valence-electron chi connectivity index (χ4n) is 2.12. The van der Waals surface area contributed by atoms with Crippen LogP contribution in [0.25, 0.3) is 10.7 Å². The molecule has 0 bridgehead atoms. The number of methoxy groups -OCH3 is 1. The highest BCUT2D eigenvalue weighted by Crippen LogP contribution is 2.21. The van der Waals surface area contributed by atoms with Crippen molar-refractivity contribution >= 4 is 17.2 Å². The van der Waals surface area contributed by atoms with Gasteiger partial charge in [-0.3, -0.25) is 4.79 Å². The smallest absolute Gasteiger partial charge is 0.227 e. The maximum Gasteiger partial charge on any atom is 0.227 e. The van der Waals surface area contributed by atoms with Gasteiger partial charge in [0, 0.05) is 19.4 Å². The van der Waals surface area contributed by atoms with E-state index in [2.05, 4.69) is 15.5 Å². The molecule has 124 valence electrons. The van der Waals surface area contributed by atoms with E-state index in [1.807, 2.05) is 41.8 Å². The summed E-state index contributed by atoms with van der Waals surface area (Å²) in [5, 5.41) is 8.76. The monoisotopic (exact) mass is 343 g/mol. The van der Waals surface area contributed by atoms with E-state index >= 15 is 0 Å². The van der Waals surface area contributed by atoms with Crippen LogP contribution in [0.4, 0.5) is 0 Å². The third kappa shape index (κ3) is 4.20. The first-order valence-electron chi connectivity index (χ1n) is 7.50. The van der Waals surface area contributed by atoms with Gasteiger partial charge >= 0.3 is 0 Å². The second kappa shape index (κ2) is 7.74. The van der Waals surface area contributed by atoms with Gasteiger partial charge in [-0.05, 0) is 29.1 Å². The summed E-state index contributed by atoms with van der Waals surface area (Å²) in [6.45, 7) is 0.479. The molecule has 0 saturated heterocycles. The lowest BCUT2D eigenvalue weighted by atomic mass is 10.2. The molecule has 2 heterocycles. The minimum absolute atomic E-state index is 0.0540. The highest BCUT2D eigenvalue weighted by Gasteiger charge is 2.11. The maximum absolute atomic E-state index is 11.9. The Labute approximate surface area is 143 Å². The molecular formula is C17H17N3O3S. The average molecular weight is 343 g/mol. The molecule has 7 heteroatoms. The van der Waals surface area contributed by atoms with Gasteiger partial charge in [-0.2, -0.15) is 4.98 Å². The van der Waals surface area contributed by atoms with Crippen LogP contribution in [0.3, 0.4) is 0 Å². The van der Waals surface area contributed by atoms with Crippen LogP contribution in [-0.4, -0.2) is 23.2 Å². The van der Waals surface area contributed by atoms with Gasteiger partial charge in [-0.1, -0.05) is 23.4 Å². The van der Waals surface area contributed by atoms with Gasteiger partial charge in [-0.25, -0.2) is 0 Å². The molecule has 0 spiro atoms. The standard InChI is InChI=1S/C17H17N3O3S/c1-22-13-6-4-12(5-7-13)11-18-15(21)8-9-16-19-17(20-23-16)14-3-2-10-24-14/h2-7,10H,8-9,11H2,1H3,(H,18,21). The van der Waals surface area contributed by atoms with E-state index in [1.165, 1.54) is 0 Å². The molecular weight excluding hydrogens is 326 g/mol. The largest absolute Gasteiger partial charge is 0.497 e. The molecule has 0 saturated carbocycles. The number of hydrogen-bond acceptors (Lipinski definition) is 6.